The van der Waals surface area contributed by atoms with E-state index in [-0.39, 0.29) is 6.04 Å². The third kappa shape index (κ3) is 5.34. The molecule has 33 heavy (non-hydrogen) atoms. The molecule has 0 aliphatic rings. The quantitative estimate of drug-likeness (QED) is 0.435. The van der Waals surface area contributed by atoms with Gasteiger partial charge in [-0.25, -0.2) is 9.18 Å². The molecule has 3 aromatic rings. The fourth-order valence-electron chi connectivity index (χ4n) is 3.46. The summed E-state index contributed by atoms with van der Waals surface area (Å²) in [7, 11) is 1.44. The lowest BCUT2D eigenvalue weighted by atomic mass is 10.0. The number of carbonyl (C=O) groups is 2. The molecule has 0 saturated heterocycles. The summed E-state index contributed by atoms with van der Waals surface area (Å²) in [4.78, 5) is 24.8. The fourth-order valence-corrected chi connectivity index (χ4v) is 3.58. The SMILES string of the molecule is Cc1cc(C(C)Nc2cccc(-c3ccc(C(=O)N(C)C(C)C(=O)O)cc3)c2F)ccc1Cl. The smallest absolute Gasteiger partial charge is 0.326 e. The van der Waals surface area contributed by atoms with E-state index in [1.807, 2.05) is 32.0 Å². The van der Waals surface area contributed by atoms with Gasteiger partial charge in [0.05, 0.1) is 5.69 Å². The third-order valence-corrected chi connectivity index (χ3v) is 6.18. The molecular weight excluding hydrogens is 443 g/mol. The van der Waals surface area contributed by atoms with E-state index >= 15 is 4.39 Å². The van der Waals surface area contributed by atoms with Gasteiger partial charge in [-0.2, -0.15) is 0 Å². The van der Waals surface area contributed by atoms with Crippen LogP contribution in [0.1, 0.15) is 41.4 Å². The Hall–Kier alpha value is -3.38. The van der Waals surface area contributed by atoms with Crippen LogP contribution in [0.15, 0.2) is 60.7 Å². The van der Waals surface area contributed by atoms with Gasteiger partial charge in [0, 0.05) is 29.2 Å². The highest BCUT2D eigenvalue weighted by Gasteiger charge is 2.23. The molecule has 2 N–H and O–H groups in total. The summed E-state index contributed by atoms with van der Waals surface area (Å²) < 4.78 is 15.3. The Morgan fingerprint density at radius 3 is 2.33 bits per heavy atom. The van der Waals surface area contributed by atoms with Crippen molar-refractivity contribution in [3.63, 3.8) is 0 Å². The van der Waals surface area contributed by atoms with Gasteiger partial charge in [0.1, 0.15) is 6.04 Å². The molecule has 0 radical (unpaired) electrons. The summed E-state index contributed by atoms with van der Waals surface area (Å²) in [6.45, 7) is 5.31. The standard InChI is InChI=1S/C26H26ClFN2O3/c1-15-14-20(12-13-22(15)27)16(2)29-23-7-5-6-21(24(23)28)18-8-10-19(11-9-18)25(31)30(4)17(3)26(32)33/h5-14,16-17,29H,1-4H3,(H,32,33). The first-order chi connectivity index (χ1) is 15.6. The van der Waals surface area contributed by atoms with Crippen LogP contribution >= 0.6 is 11.6 Å². The summed E-state index contributed by atoms with van der Waals surface area (Å²) in [6.07, 6.45) is 0. The van der Waals surface area contributed by atoms with Crippen LogP contribution in [0.25, 0.3) is 11.1 Å². The second kappa shape index (κ2) is 10.0. The van der Waals surface area contributed by atoms with E-state index in [1.165, 1.54) is 14.0 Å². The largest absolute Gasteiger partial charge is 0.480 e. The van der Waals surface area contributed by atoms with Crippen LogP contribution in [-0.4, -0.2) is 35.0 Å². The maximum Gasteiger partial charge on any atom is 0.326 e. The van der Waals surface area contributed by atoms with Gasteiger partial charge in [0.2, 0.25) is 0 Å². The van der Waals surface area contributed by atoms with Gasteiger partial charge in [-0.05, 0) is 61.7 Å². The number of rotatable bonds is 7. The first-order valence-electron chi connectivity index (χ1n) is 10.5. The van der Waals surface area contributed by atoms with Gasteiger partial charge in [0.25, 0.3) is 5.91 Å². The minimum absolute atomic E-state index is 0.141. The van der Waals surface area contributed by atoms with Crippen LogP contribution in [0.4, 0.5) is 10.1 Å². The highest BCUT2D eigenvalue weighted by atomic mass is 35.5. The Kier molecular flexibility index (Phi) is 7.39. The topological polar surface area (TPSA) is 69.6 Å². The van der Waals surface area contributed by atoms with E-state index in [4.69, 9.17) is 16.7 Å². The first kappa shape index (κ1) is 24.3. The Labute approximate surface area is 197 Å². The van der Waals surface area contributed by atoms with E-state index in [9.17, 15) is 9.59 Å². The maximum atomic E-state index is 15.3. The second-order valence-corrected chi connectivity index (χ2v) is 8.46. The summed E-state index contributed by atoms with van der Waals surface area (Å²) in [5, 5.41) is 13.0. The molecule has 0 spiro atoms. The highest BCUT2D eigenvalue weighted by molar-refractivity contribution is 6.31. The Morgan fingerprint density at radius 1 is 1.06 bits per heavy atom. The Balaban J connectivity index is 1.82. The summed E-state index contributed by atoms with van der Waals surface area (Å²) in [6, 6.07) is 16.2. The molecule has 0 aliphatic heterocycles. The predicted octanol–water partition coefficient (Wildman–Crippen LogP) is 6.17. The van der Waals surface area contributed by atoms with Crippen molar-refractivity contribution in [3.05, 3.63) is 88.2 Å². The van der Waals surface area contributed by atoms with Crippen LogP contribution < -0.4 is 5.32 Å². The number of carboxylic acid groups (broad SMARTS) is 1. The number of carboxylic acids is 1. The van der Waals surface area contributed by atoms with Crippen LogP contribution in [0.3, 0.4) is 0 Å². The number of halogens is 2. The number of nitrogens with zero attached hydrogens (tertiary/aromatic N) is 1. The molecular formula is C26H26ClFN2O3. The van der Waals surface area contributed by atoms with Crippen LogP contribution in [0.5, 0.6) is 0 Å². The van der Waals surface area contributed by atoms with E-state index in [0.717, 1.165) is 16.0 Å². The van der Waals surface area contributed by atoms with Crippen LogP contribution in [0.2, 0.25) is 5.02 Å². The monoisotopic (exact) mass is 468 g/mol. The molecule has 2 atom stereocenters. The number of nitrogens with one attached hydrogen (secondary N) is 1. The lowest BCUT2D eigenvalue weighted by Crippen LogP contribution is -2.40. The van der Waals surface area contributed by atoms with Gasteiger partial charge in [0.15, 0.2) is 5.82 Å². The lowest BCUT2D eigenvalue weighted by Gasteiger charge is -2.21. The number of anilines is 1. The molecule has 5 nitrogen and oxygen atoms in total. The van der Waals surface area contributed by atoms with E-state index in [1.54, 1.807) is 42.5 Å². The first-order valence-corrected chi connectivity index (χ1v) is 10.9. The van der Waals surface area contributed by atoms with Crippen molar-refractivity contribution in [1.29, 1.82) is 0 Å². The van der Waals surface area contributed by atoms with E-state index in [0.29, 0.717) is 27.4 Å². The molecule has 1 amide bonds. The van der Waals surface area contributed by atoms with Crippen molar-refractivity contribution < 1.29 is 19.1 Å². The number of benzene rings is 3. The molecule has 0 saturated carbocycles. The molecule has 0 fully saturated rings. The van der Waals surface area contributed by atoms with Gasteiger partial charge >= 0.3 is 5.97 Å². The molecule has 172 valence electrons. The van der Waals surface area contributed by atoms with Crippen molar-refractivity contribution in [2.24, 2.45) is 0 Å². The minimum atomic E-state index is -1.09. The molecule has 7 heteroatoms. The fraction of sp³-hybridized carbons (Fsp3) is 0.231. The normalized spacial score (nSPS) is 12.7. The minimum Gasteiger partial charge on any atom is -0.480 e. The Bertz CT molecular complexity index is 1180. The third-order valence-electron chi connectivity index (χ3n) is 5.75. The molecule has 0 aromatic heterocycles. The van der Waals surface area contributed by atoms with Gasteiger partial charge in [-0.3, -0.25) is 4.79 Å². The van der Waals surface area contributed by atoms with Crippen molar-refractivity contribution in [1.82, 2.24) is 4.90 Å². The van der Waals surface area contributed by atoms with Crippen molar-refractivity contribution in [2.45, 2.75) is 32.9 Å². The summed E-state index contributed by atoms with van der Waals surface area (Å²) >= 11 is 6.11. The van der Waals surface area contributed by atoms with Crippen LogP contribution in [-0.2, 0) is 4.79 Å². The van der Waals surface area contributed by atoms with E-state index in [2.05, 4.69) is 5.32 Å². The Morgan fingerprint density at radius 2 is 1.73 bits per heavy atom. The number of likely N-dealkylation sites (N-methyl/N-ethyl adjacent to an activating group) is 1. The summed E-state index contributed by atoms with van der Waals surface area (Å²) in [5.41, 5.74) is 3.64. The second-order valence-electron chi connectivity index (χ2n) is 8.05. The molecule has 0 bridgehead atoms. The van der Waals surface area contributed by atoms with E-state index < -0.39 is 23.7 Å². The van der Waals surface area contributed by atoms with Gasteiger partial charge in [-0.15, -0.1) is 0 Å². The van der Waals surface area contributed by atoms with Crippen molar-refractivity contribution in [3.8, 4) is 11.1 Å². The van der Waals surface area contributed by atoms with Crippen molar-refractivity contribution >= 4 is 29.2 Å². The zero-order chi connectivity index (χ0) is 24.3. The van der Waals surface area contributed by atoms with Crippen molar-refractivity contribution in [2.75, 3.05) is 12.4 Å². The zero-order valence-corrected chi connectivity index (χ0v) is 19.7. The maximum absolute atomic E-state index is 15.3. The van der Waals surface area contributed by atoms with Gasteiger partial charge < -0.3 is 15.3 Å². The molecule has 2 unspecified atom stereocenters. The number of amides is 1. The average molecular weight is 469 g/mol. The summed E-state index contributed by atoms with van der Waals surface area (Å²) in [5.74, 6) is -1.90. The number of carbonyl (C=O) groups excluding carboxylic acids is 1. The highest BCUT2D eigenvalue weighted by Crippen LogP contribution is 2.31. The van der Waals surface area contributed by atoms with Crippen LogP contribution in [0, 0.1) is 12.7 Å². The number of hydrogen-bond acceptors (Lipinski definition) is 3. The number of hydrogen-bond donors (Lipinski definition) is 2. The molecule has 0 heterocycles. The average Bonchev–Trinajstić information content (AvgIpc) is 2.80. The number of aryl methyl sites for hydroxylation is 1. The number of aliphatic carboxylic acids is 1. The zero-order valence-electron chi connectivity index (χ0n) is 18.9. The van der Waals surface area contributed by atoms with Gasteiger partial charge in [-0.1, -0.05) is 48.0 Å². The predicted molar refractivity (Wildman–Crippen MR) is 129 cm³/mol. The molecule has 3 aromatic carbocycles. The lowest BCUT2D eigenvalue weighted by molar-refractivity contribution is -0.141. The molecule has 0 aliphatic carbocycles. The molecule has 3 rings (SSSR count).